The molecule has 2 atom stereocenters. The van der Waals surface area contributed by atoms with Gasteiger partial charge in [0.15, 0.2) is 0 Å². The molecular formula is C17H18FN3O2. The lowest BCUT2D eigenvalue weighted by Crippen LogP contribution is -2.23. The molecule has 23 heavy (non-hydrogen) atoms. The molecule has 5 nitrogen and oxygen atoms in total. The van der Waals surface area contributed by atoms with Gasteiger partial charge in [0.25, 0.3) is 0 Å². The Labute approximate surface area is 133 Å². The molecule has 0 amide bonds. The Hall–Kier alpha value is -2.47. The van der Waals surface area contributed by atoms with E-state index in [1.807, 2.05) is 11.0 Å². The molecule has 1 fully saturated rings. The number of nitrogens with two attached hydrogens (primary N) is 1. The van der Waals surface area contributed by atoms with E-state index in [-0.39, 0.29) is 11.7 Å². The van der Waals surface area contributed by atoms with Gasteiger partial charge >= 0.3 is 5.97 Å². The standard InChI is InChI=1S/C17H18FN3O2/c18-13-5-1-3-11(7-13)14-9-21(10-15(14)17(22)23)8-12-4-2-6-20-16(12)19/h1-7,14-15H,8-10H2,(H2,19,20)(H,22,23)/t14-,15+/m1/s1. The van der Waals surface area contributed by atoms with Crippen molar-refractivity contribution in [1.29, 1.82) is 0 Å². The van der Waals surface area contributed by atoms with Gasteiger partial charge in [-0.2, -0.15) is 0 Å². The number of nitrogen functional groups attached to an aromatic ring is 1. The van der Waals surface area contributed by atoms with E-state index in [1.165, 1.54) is 12.1 Å². The fraction of sp³-hybridized carbons (Fsp3) is 0.294. The lowest BCUT2D eigenvalue weighted by atomic mass is 9.89. The highest BCUT2D eigenvalue weighted by Gasteiger charge is 2.38. The first-order chi connectivity index (χ1) is 11.0. The van der Waals surface area contributed by atoms with Gasteiger partial charge in [0, 0.05) is 37.3 Å². The molecule has 2 heterocycles. The van der Waals surface area contributed by atoms with Crippen LogP contribution in [0, 0.1) is 11.7 Å². The van der Waals surface area contributed by atoms with Crippen LogP contribution in [0.25, 0.3) is 0 Å². The Morgan fingerprint density at radius 3 is 2.87 bits per heavy atom. The smallest absolute Gasteiger partial charge is 0.308 e. The van der Waals surface area contributed by atoms with Crippen LogP contribution in [-0.4, -0.2) is 34.0 Å². The third kappa shape index (κ3) is 3.32. The number of aliphatic carboxylic acids is 1. The van der Waals surface area contributed by atoms with E-state index in [9.17, 15) is 14.3 Å². The van der Waals surface area contributed by atoms with Gasteiger partial charge in [-0.05, 0) is 23.8 Å². The van der Waals surface area contributed by atoms with Crippen molar-refractivity contribution >= 4 is 11.8 Å². The molecule has 3 N–H and O–H groups in total. The monoisotopic (exact) mass is 315 g/mol. The topological polar surface area (TPSA) is 79.5 Å². The van der Waals surface area contributed by atoms with Gasteiger partial charge in [0.1, 0.15) is 11.6 Å². The van der Waals surface area contributed by atoms with Crippen LogP contribution in [0.2, 0.25) is 0 Å². The van der Waals surface area contributed by atoms with Crippen LogP contribution in [0.1, 0.15) is 17.0 Å². The predicted octanol–water partition coefficient (Wildman–Crippen LogP) is 2.10. The molecule has 1 saturated heterocycles. The zero-order valence-corrected chi connectivity index (χ0v) is 12.5. The van der Waals surface area contributed by atoms with Crippen molar-refractivity contribution in [3.05, 3.63) is 59.5 Å². The summed E-state index contributed by atoms with van der Waals surface area (Å²) in [6.07, 6.45) is 1.62. The van der Waals surface area contributed by atoms with Crippen LogP contribution < -0.4 is 5.73 Å². The van der Waals surface area contributed by atoms with E-state index in [2.05, 4.69) is 4.98 Å². The highest BCUT2D eigenvalue weighted by molar-refractivity contribution is 5.72. The van der Waals surface area contributed by atoms with Crippen molar-refractivity contribution in [2.24, 2.45) is 5.92 Å². The largest absolute Gasteiger partial charge is 0.481 e. The van der Waals surface area contributed by atoms with Crippen LogP contribution in [0.5, 0.6) is 0 Å². The second-order valence-corrected chi connectivity index (χ2v) is 5.85. The molecule has 0 bridgehead atoms. The second-order valence-electron chi connectivity index (χ2n) is 5.85. The Balaban J connectivity index is 1.81. The Morgan fingerprint density at radius 1 is 1.35 bits per heavy atom. The molecule has 0 aliphatic carbocycles. The number of benzene rings is 1. The molecule has 2 aromatic rings. The molecule has 1 aromatic carbocycles. The lowest BCUT2D eigenvalue weighted by molar-refractivity contribution is -0.141. The summed E-state index contributed by atoms with van der Waals surface area (Å²) in [6, 6.07) is 9.87. The summed E-state index contributed by atoms with van der Waals surface area (Å²) in [5, 5.41) is 9.50. The number of halogens is 1. The quantitative estimate of drug-likeness (QED) is 0.903. The zero-order valence-electron chi connectivity index (χ0n) is 12.5. The summed E-state index contributed by atoms with van der Waals surface area (Å²) in [4.78, 5) is 17.7. The van der Waals surface area contributed by atoms with Crippen LogP contribution in [0.15, 0.2) is 42.6 Å². The Kier molecular flexibility index (Phi) is 4.25. The van der Waals surface area contributed by atoms with Crippen LogP contribution in [0.4, 0.5) is 10.2 Å². The van der Waals surface area contributed by atoms with Crippen molar-refractivity contribution < 1.29 is 14.3 Å². The fourth-order valence-corrected chi connectivity index (χ4v) is 3.17. The molecule has 1 aromatic heterocycles. The lowest BCUT2D eigenvalue weighted by Gasteiger charge is -2.17. The first-order valence-electron chi connectivity index (χ1n) is 7.44. The number of anilines is 1. The summed E-state index contributed by atoms with van der Waals surface area (Å²) in [6.45, 7) is 1.49. The molecule has 1 aliphatic heterocycles. The van der Waals surface area contributed by atoms with E-state index < -0.39 is 11.9 Å². The minimum Gasteiger partial charge on any atom is -0.481 e. The number of hydrogen-bond donors (Lipinski definition) is 2. The number of hydrogen-bond acceptors (Lipinski definition) is 4. The van der Waals surface area contributed by atoms with Crippen molar-refractivity contribution in [1.82, 2.24) is 9.88 Å². The molecule has 0 radical (unpaired) electrons. The van der Waals surface area contributed by atoms with Crippen LogP contribution >= 0.6 is 0 Å². The molecule has 120 valence electrons. The fourth-order valence-electron chi connectivity index (χ4n) is 3.17. The van der Waals surface area contributed by atoms with Crippen molar-refractivity contribution in [2.75, 3.05) is 18.8 Å². The SMILES string of the molecule is Nc1ncccc1CN1C[C@H](C(=O)O)[C@@H](c2cccc(F)c2)C1. The van der Waals surface area contributed by atoms with E-state index in [0.29, 0.717) is 25.5 Å². The molecule has 0 unspecified atom stereocenters. The summed E-state index contributed by atoms with van der Waals surface area (Å²) in [5.41, 5.74) is 7.45. The maximum absolute atomic E-state index is 13.5. The molecule has 3 rings (SSSR count). The number of likely N-dealkylation sites (tertiary alicyclic amines) is 1. The number of carboxylic acid groups (broad SMARTS) is 1. The minimum absolute atomic E-state index is 0.235. The van der Waals surface area contributed by atoms with Gasteiger partial charge in [0.2, 0.25) is 0 Å². The van der Waals surface area contributed by atoms with Crippen molar-refractivity contribution in [3.8, 4) is 0 Å². The first-order valence-corrected chi connectivity index (χ1v) is 7.44. The van der Waals surface area contributed by atoms with E-state index in [4.69, 9.17) is 5.73 Å². The third-order valence-electron chi connectivity index (χ3n) is 4.31. The summed E-state index contributed by atoms with van der Waals surface area (Å²) in [5.74, 6) is -1.55. The summed E-state index contributed by atoms with van der Waals surface area (Å²) < 4.78 is 13.5. The van der Waals surface area contributed by atoms with E-state index in [0.717, 1.165) is 11.1 Å². The number of pyridine rings is 1. The normalized spacial score (nSPS) is 21.4. The van der Waals surface area contributed by atoms with Gasteiger partial charge in [0.05, 0.1) is 5.92 Å². The number of aromatic nitrogens is 1. The van der Waals surface area contributed by atoms with Crippen molar-refractivity contribution in [3.63, 3.8) is 0 Å². The average Bonchev–Trinajstić information content (AvgIpc) is 2.94. The van der Waals surface area contributed by atoms with Gasteiger partial charge < -0.3 is 10.8 Å². The van der Waals surface area contributed by atoms with Crippen molar-refractivity contribution in [2.45, 2.75) is 12.5 Å². The van der Waals surface area contributed by atoms with Gasteiger partial charge in [-0.1, -0.05) is 18.2 Å². The third-order valence-corrected chi connectivity index (χ3v) is 4.31. The van der Waals surface area contributed by atoms with Gasteiger partial charge in [-0.15, -0.1) is 0 Å². The van der Waals surface area contributed by atoms with Crippen LogP contribution in [0.3, 0.4) is 0 Å². The molecule has 6 heteroatoms. The van der Waals surface area contributed by atoms with E-state index in [1.54, 1.807) is 24.4 Å². The summed E-state index contributed by atoms with van der Waals surface area (Å²) >= 11 is 0. The molecular weight excluding hydrogens is 297 g/mol. The number of carbonyl (C=O) groups is 1. The maximum atomic E-state index is 13.5. The number of nitrogens with zero attached hydrogens (tertiary/aromatic N) is 2. The first kappa shape index (κ1) is 15.4. The highest BCUT2D eigenvalue weighted by Crippen LogP contribution is 2.34. The van der Waals surface area contributed by atoms with E-state index >= 15 is 0 Å². The predicted molar refractivity (Wildman–Crippen MR) is 84.2 cm³/mol. The number of carboxylic acids is 1. The zero-order chi connectivity index (χ0) is 16.4. The Bertz CT molecular complexity index is 722. The molecule has 0 spiro atoms. The average molecular weight is 315 g/mol. The minimum atomic E-state index is -0.860. The molecule has 1 aliphatic rings. The Morgan fingerprint density at radius 2 is 2.17 bits per heavy atom. The second kappa shape index (κ2) is 6.34. The number of rotatable bonds is 4. The highest BCUT2D eigenvalue weighted by atomic mass is 19.1. The van der Waals surface area contributed by atoms with Gasteiger partial charge in [-0.3, -0.25) is 9.69 Å². The molecule has 0 saturated carbocycles. The summed E-state index contributed by atoms with van der Waals surface area (Å²) in [7, 11) is 0. The van der Waals surface area contributed by atoms with Gasteiger partial charge in [-0.25, -0.2) is 9.37 Å². The maximum Gasteiger partial charge on any atom is 0.308 e. The van der Waals surface area contributed by atoms with Crippen LogP contribution in [-0.2, 0) is 11.3 Å².